The molecule has 2 rings (SSSR count). The number of amides is 1. The maximum Gasteiger partial charge on any atom is 0.410 e. The van der Waals surface area contributed by atoms with E-state index in [-0.39, 0.29) is 24.0 Å². The SMILES string of the molecule is COC(=O)C(CN[C@@H]1CCN(C(=O)OC(C)(C)C)C1)c1ccccc1. The standard InChI is InChI=1S/C19H28N2O4/c1-19(2,3)25-18(23)21-11-10-15(13-21)20-12-16(17(22)24-4)14-8-6-5-7-9-14/h5-9,15-16,20H,10-13H2,1-4H3/t15-,16?/m1/s1. The van der Waals surface area contributed by atoms with Gasteiger partial charge in [0.2, 0.25) is 0 Å². The summed E-state index contributed by atoms with van der Waals surface area (Å²) >= 11 is 0. The van der Waals surface area contributed by atoms with Gasteiger partial charge in [-0.1, -0.05) is 30.3 Å². The molecule has 1 fully saturated rings. The highest BCUT2D eigenvalue weighted by atomic mass is 16.6. The topological polar surface area (TPSA) is 67.9 Å². The van der Waals surface area contributed by atoms with Gasteiger partial charge in [-0.25, -0.2) is 4.79 Å². The molecule has 1 heterocycles. The predicted molar refractivity (Wildman–Crippen MR) is 95.4 cm³/mol. The molecule has 0 spiro atoms. The van der Waals surface area contributed by atoms with Crippen molar-refractivity contribution in [2.45, 2.75) is 44.8 Å². The summed E-state index contributed by atoms with van der Waals surface area (Å²) in [6.07, 6.45) is 0.548. The minimum atomic E-state index is -0.494. The first-order valence-corrected chi connectivity index (χ1v) is 8.64. The summed E-state index contributed by atoms with van der Waals surface area (Å²) in [5.41, 5.74) is 0.426. The van der Waals surface area contributed by atoms with Crippen molar-refractivity contribution in [3.63, 3.8) is 0 Å². The number of nitrogens with zero attached hydrogens (tertiary/aromatic N) is 1. The Hall–Kier alpha value is -2.08. The molecule has 1 aromatic carbocycles. The molecule has 2 atom stereocenters. The number of benzene rings is 1. The molecule has 1 N–H and O–H groups in total. The number of hydrogen-bond donors (Lipinski definition) is 1. The van der Waals surface area contributed by atoms with Gasteiger partial charge in [-0.3, -0.25) is 4.79 Å². The molecule has 1 saturated heterocycles. The van der Waals surface area contributed by atoms with E-state index in [0.717, 1.165) is 12.0 Å². The zero-order chi connectivity index (χ0) is 18.4. The average molecular weight is 348 g/mol. The van der Waals surface area contributed by atoms with Crippen molar-refractivity contribution in [1.82, 2.24) is 10.2 Å². The van der Waals surface area contributed by atoms with E-state index in [0.29, 0.717) is 19.6 Å². The van der Waals surface area contributed by atoms with Crippen LogP contribution in [0.3, 0.4) is 0 Å². The van der Waals surface area contributed by atoms with Crippen LogP contribution in [0.4, 0.5) is 4.79 Å². The van der Waals surface area contributed by atoms with Crippen LogP contribution in [-0.2, 0) is 14.3 Å². The number of hydrogen-bond acceptors (Lipinski definition) is 5. The Labute approximate surface area is 149 Å². The molecule has 1 aliphatic rings. The molecule has 6 heteroatoms. The summed E-state index contributed by atoms with van der Waals surface area (Å²) in [5, 5.41) is 3.39. The number of ether oxygens (including phenoxy) is 2. The molecule has 138 valence electrons. The van der Waals surface area contributed by atoms with Gasteiger partial charge in [0.25, 0.3) is 0 Å². The molecular formula is C19H28N2O4. The van der Waals surface area contributed by atoms with Crippen LogP contribution in [0.1, 0.15) is 38.7 Å². The van der Waals surface area contributed by atoms with Gasteiger partial charge in [0.1, 0.15) is 5.60 Å². The minimum absolute atomic E-state index is 0.142. The molecule has 1 aliphatic heterocycles. The Morgan fingerprint density at radius 3 is 2.56 bits per heavy atom. The highest BCUT2D eigenvalue weighted by Crippen LogP contribution is 2.19. The number of esters is 1. The summed E-state index contributed by atoms with van der Waals surface area (Å²) < 4.78 is 10.3. The van der Waals surface area contributed by atoms with Crippen molar-refractivity contribution in [2.24, 2.45) is 0 Å². The van der Waals surface area contributed by atoms with E-state index in [1.807, 2.05) is 51.1 Å². The molecule has 0 bridgehead atoms. The first-order valence-electron chi connectivity index (χ1n) is 8.64. The fraction of sp³-hybridized carbons (Fsp3) is 0.579. The van der Waals surface area contributed by atoms with Crippen LogP contribution in [0.5, 0.6) is 0 Å². The van der Waals surface area contributed by atoms with Gasteiger partial charge in [-0.05, 0) is 32.8 Å². The molecule has 1 aromatic rings. The number of carbonyl (C=O) groups excluding carboxylic acids is 2. The first-order chi connectivity index (χ1) is 11.8. The van der Waals surface area contributed by atoms with Crippen LogP contribution < -0.4 is 5.32 Å². The number of nitrogens with one attached hydrogen (secondary N) is 1. The summed E-state index contributed by atoms with van der Waals surface area (Å²) in [6, 6.07) is 9.72. The smallest absolute Gasteiger partial charge is 0.410 e. The Kier molecular flexibility index (Phi) is 6.42. The van der Waals surface area contributed by atoms with E-state index in [2.05, 4.69) is 5.32 Å². The maximum atomic E-state index is 12.1. The normalized spacial score (nSPS) is 18.7. The molecular weight excluding hydrogens is 320 g/mol. The number of rotatable bonds is 5. The lowest BCUT2D eigenvalue weighted by atomic mass is 9.99. The molecule has 0 aliphatic carbocycles. The highest BCUT2D eigenvalue weighted by Gasteiger charge is 2.31. The second kappa shape index (κ2) is 8.34. The van der Waals surface area contributed by atoms with Crippen molar-refractivity contribution in [1.29, 1.82) is 0 Å². The fourth-order valence-corrected chi connectivity index (χ4v) is 2.87. The second-order valence-electron chi connectivity index (χ2n) is 7.31. The zero-order valence-corrected chi connectivity index (χ0v) is 15.5. The van der Waals surface area contributed by atoms with Gasteiger partial charge in [-0.15, -0.1) is 0 Å². The van der Waals surface area contributed by atoms with Crippen molar-refractivity contribution < 1.29 is 19.1 Å². The van der Waals surface area contributed by atoms with Gasteiger partial charge >= 0.3 is 12.1 Å². The van der Waals surface area contributed by atoms with Crippen LogP contribution >= 0.6 is 0 Å². The maximum absolute atomic E-state index is 12.1. The zero-order valence-electron chi connectivity index (χ0n) is 15.5. The largest absolute Gasteiger partial charge is 0.469 e. The van der Waals surface area contributed by atoms with E-state index >= 15 is 0 Å². The monoisotopic (exact) mass is 348 g/mol. The molecule has 1 amide bonds. The highest BCUT2D eigenvalue weighted by molar-refractivity contribution is 5.78. The van der Waals surface area contributed by atoms with Gasteiger partial charge in [0, 0.05) is 25.7 Å². The Bertz CT molecular complexity index is 583. The number of likely N-dealkylation sites (tertiary alicyclic amines) is 1. The van der Waals surface area contributed by atoms with Crippen LogP contribution in [0.15, 0.2) is 30.3 Å². The molecule has 25 heavy (non-hydrogen) atoms. The van der Waals surface area contributed by atoms with Crippen LogP contribution in [-0.4, -0.2) is 55.3 Å². The van der Waals surface area contributed by atoms with Gasteiger partial charge in [0.15, 0.2) is 0 Å². The van der Waals surface area contributed by atoms with E-state index < -0.39 is 5.60 Å². The van der Waals surface area contributed by atoms with Gasteiger partial charge < -0.3 is 19.7 Å². The fourth-order valence-electron chi connectivity index (χ4n) is 2.87. The lowest BCUT2D eigenvalue weighted by molar-refractivity contribution is -0.142. The summed E-state index contributed by atoms with van der Waals surface area (Å²) in [6.45, 7) is 7.29. The van der Waals surface area contributed by atoms with Crippen molar-refractivity contribution in [3.8, 4) is 0 Å². The van der Waals surface area contributed by atoms with Gasteiger partial charge in [0.05, 0.1) is 13.0 Å². The Balaban J connectivity index is 1.89. The van der Waals surface area contributed by atoms with Crippen molar-refractivity contribution in [3.05, 3.63) is 35.9 Å². The predicted octanol–water partition coefficient (Wildman–Crippen LogP) is 2.54. The average Bonchev–Trinajstić information content (AvgIpc) is 3.03. The Morgan fingerprint density at radius 2 is 1.96 bits per heavy atom. The third-order valence-electron chi connectivity index (χ3n) is 4.14. The van der Waals surface area contributed by atoms with E-state index in [1.165, 1.54) is 7.11 Å². The number of carbonyl (C=O) groups is 2. The van der Waals surface area contributed by atoms with Gasteiger partial charge in [-0.2, -0.15) is 0 Å². The minimum Gasteiger partial charge on any atom is -0.469 e. The van der Waals surface area contributed by atoms with Crippen molar-refractivity contribution in [2.75, 3.05) is 26.7 Å². The van der Waals surface area contributed by atoms with Crippen LogP contribution in [0.25, 0.3) is 0 Å². The summed E-state index contributed by atoms with van der Waals surface area (Å²) in [7, 11) is 1.40. The number of methoxy groups -OCH3 is 1. The van der Waals surface area contributed by atoms with E-state index in [1.54, 1.807) is 4.90 Å². The summed E-state index contributed by atoms with van der Waals surface area (Å²) in [4.78, 5) is 25.9. The molecule has 6 nitrogen and oxygen atoms in total. The van der Waals surface area contributed by atoms with Crippen LogP contribution in [0, 0.1) is 0 Å². The lowest BCUT2D eigenvalue weighted by Gasteiger charge is -2.24. The Morgan fingerprint density at radius 1 is 1.28 bits per heavy atom. The first kappa shape index (κ1) is 19.2. The van der Waals surface area contributed by atoms with E-state index in [9.17, 15) is 9.59 Å². The molecule has 0 radical (unpaired) electrons. The van der Waals surface area contributed by atoms with Crippen LogP contribution in [0.2, 0.25) is 0 Å². The van der Waals surface area contributed by atoms with Crippen molar-refractivity contribution >= 4 is 12.1 Å². The summed E-state index contributed by atoms with van der Waals surface area (Å²) in [5.74, 6) is -0.623. The quantitative estimate of drug-likeness (QED) is 0.828. The molecule has 0 aromatic heterocycles. The third-order valence-corrected chi connectivity index (χ3v) is 4.14. The molecule has 0 saturated carbocycles. The third kappa shape index (κ3) is 5.74. The van der Waals surface area contributed by atoms with E-state index in [4.69, 9.17) is 9.47 Å². The second-order valence-corrected chi connectivity index (χ2v) is 7.31. The lowest BCUT2D eigenvalue weighted by Crippen LogP contribution is -2.40. The molecule has 1 unspecified atom stereocenters.